The molecule has 3 N–H and O–H groups in total. The van der Waals surface area contributed by atoms with Crippen molar-refractivity contribution in [3.63, 3.8) is 0 Å². The highest BCUT2D eigenvalue weighted by Gasteiger charge is 2.39. The van der Waals surface area contributed by atoms with Gasteiger partial charge in [-0.3, -0.25) is 13.9 Å². The number of aryl methyl sites for hydroxylation is 1. The number of hydrogen-bond acceptors (Lipinski definition) is 6. The minimum atomic E-state index is -0.215. The molecule has 0 aliphatic heterocycles. The Morgan fingerprint density at radius 2 is 2.04 bits per heavy atom. The number of nitrogens with one attached hydrogen (secondary N) is 1. The number of aromatic nitrogens is 2. The summed E-state index contributed by atoms with van der Waals surface area (Å²) in [6.07, 6.45) is 1.71. The molecule has 0 unspecified atom stereocenters. The fraction of sp³-hybridized carbons (Fsp3) is 0.684. The van der Waals surface area contributed by atoms with E-state index in [4.69, 9.17) is 10.5 Å². The van der Waals surface area contributed by atoms with Gasteiger partial charge in [0.05, 0.1) is 18.5 Å². The van der Waals surface area contributed by atoms with Crippen LogP contribution in [0.1, 0.15) is 43.2 Å². The third-order valence-corrected chi connectivity index (χ3v) is 6.72. The summed E-state index contributed by atoms with van der Waals surface area (Å²) < 4.78 is 8.41. The van der Waals surface area contributed by atoms with E-state index in [1.165, 1.54) is 15.9 Å². The molecule has 0 radical (unpaired) electrons. The second-order valence-corrected chi connectivity index (χ2v) is 9.21. The predicted molar refractivity (Wildman–Crippen MR) is 110 cm³/mol. The van der Waals surface area contributed by atoms with E-state index in [2.05, 4.69) is 19.2 Å². The molecule has 1 fully saturated rings. The number of hydrogen-bond donors (Lipinski definition) is 2. The molecule has 0 spiro atoms. The summed E-state index contributed by atoms with van der Waals surface area (Å²) in [7, 11) is 1.62. The Balaban J connectivity index is 2.15. The van der Waals surface area contributed by atoms with Crippen LogP contribution in [0, 0.1) is 12.3 Å². The van der Waals surface area contributed by atoms with Crippen LogP contribution >= 0.6 is 11.3 Å². The molecule has 1 aliphatic carbocycles. The molecule has 0 saturated heterocycles. The van der Waals surface area contributed by atoms with Gasteiger partial charge in [0, 0.05) is 37.7 Å². The number of methoxy groups -OCH3 is 1. The predicted octanol–water partition coefficient (Wildman–Crippen LogP) is 1.59. The van der Waals surface area contributed by atoms with Crippen LogP contribution in [0.3, 0.4) is 0 Å². The first-order valence-corrected chi connectivity index (χ1v) is 10.3. The summed E-state index contributed by atoms with van der Waals surface area (Å²) in [6.45, 7) is 9.12. The van der Waals surface area contributed by atoms with Crippen LogP contribution in [-0.4, -0.2) is 35.9 Å². The van der Waals surface area contributed by atoms with Crippen molar-refractivity contribution in [1.82, 2.24) is 14.5 Å². The van der Waals surface area contributed by atoms with Crippen molar-refractivity contribution < 1.29 is 4.74 Å². The number of fused-ring (bicyclic) bond motifs is 1. The molecule has 0 amide bonds. The fourth-order valence-electron chi connectivity index (χ4n) is 3.98. The first-order chi connectivity index (χ1) is 12.8. The minimum Gasteiger partial charge on any atom is -0.383 e. The van der Waals surface area contributed by atoms with E-state index < -0.39 is 0 Å². The van der Waals surface area contributed by atoms with Crippen LogP contribution in [0.25, 0.3) is 10.2 Å². The lowest BCUT2D eigenvalue weighted by atomic mass is 9.68. The Kier molecular flexibility index (Phi) is 5.90. The van der Waals surface area contributed by atoms with Gasteiger partial charge in [-0.05, 0) is 30.7 Å². The Labute approximate surface area is 163 Å². The maximum absolute atomic E-state index is 13.3. The zero-order valence-corrected chi connectivity index (χ0v) is 17.4. The van der Waals surface area contributed by atoms with Crippen molar-refractivity contribution in [2.75, 3.05) is 26.8 Å². The Morgan fingerprint density at radius 1 is 1.33 bits per heavy atom. The lowest BCUT2D eigenvalue weighted by Crippen LogP contribution is -2.48. The van der Waals surface area contributed by atoms with E-state index >= 15 is 0 Å². The molecular formula is C19H30N4O3S. The number of nitrogens with two attached hydrogens (primary N) is 1. The summed E-state index contributed by atoms with van der Waals surface area (Å²) in [6, 6.07) is -0.0173. The van der Waals surface area contributed by atoms with Gasteiger partial charge in [-0.2, -0.15) is 0 Å². The van der Waals surface area contributed by atoms with Crippen LogP contribution in [0.5, 0.6) is 0 Å². The lowest BCUT2D eigenvalue weighted by molar-refractivity contribution is 0.0967. The summed E-state index contributed by atoms with van der Waals surface area (Å²) in [4.78, 5) is 28.3. The van der Waals surface area contributed by atoms with Gasteiger partial charge in [0.1, 0.15) is 4.83 Å². The Bertz CT molecular complexity index is 933. The largest absolute Gasteiger partial charge is 0.383 e. The smallest absolute Gasteiger partial charge is 0.332 e. The Morgan fingerprint density at radius 3 is 2.63 bits per heavy atom. The Hall–Kier alpha value is -1.48. The molecule has 150 valence electrons. The zero-order chi connectivity index (χ0) is 19.8. The number of nitrogens with zero attached hydrogens (tertiary/aromatic N) is 2. The molecule has 8 heteroatoms. The first kappa shape index (κ1) is 20.3. The van der Waals surface area contributed by atoms with Crippen LogP contribution in [-0.2, 0) is 17.8 Å². The lowest BCUT2D eigenvalue weighted by Gasteiger charge is -2.43. The van der Waals surface area contributed by atoms with Crippen molar-refractivity contribution in [2.45, 2.75) is 52.7 Å². The van der Waals surface area contributed by atoms with E-state index in [0.29, 0.717) is 38.2 Å². The number of ether oxygens (including phenoxy) is 1. The van der Waals surface area contributed by atoms with Crippen LogP contribution in [0.2, 0.25) is 0 Å². The third kappa shape index (κ3) is 3.76. The fourth-order valence-corrected chi connectivity index (χ4v) is 5.27. The molecule has 2 heterocycles. The molecule has 2 aromatic rings. The van der Waals surface area contributed by atoms with E-state index in [1.807, 2.05) is 6.92 Å². The average molecular weight is 395 g/mol. The quantitative estimate of drug-likeness (QED) is 0.664. The first-order valence-electron chi connectivity index (χ1n) is 9.47. The summed E-state index contributed by atoms with van der Waals surface area (Å²) in [5, 5.41) is 3.96. The van der Waals surface area contributed by atoms with E-state index in [1.54, 1.807) is 11.7 Å². The molecule has 0 atom stereocenters. The van der Waals surface area contributed by atoms with Gasteiger partial charge in [0.25, 0.3) is 5.56 Å². The molecule has 1 aliphatic rings. The normalized spacial score (nSPS) is 16.8. The van der Waals surface area contributed by atoms with Gasteiger partial charge in [-0.1, -0.05) is 13.8 Å². The monoisotopic (exact) mass is 394 g/mol. The van der Waals surface area contributed by atoms with Crippen molar-refractivity contribution in [3.05, 3.63) is 31.3 Å². The summed E-state index contributed by atoms with van der Waals surface area (Å²) in [5.41, 5.74) is 6.33. The number of rotatable bonds is 8. The van der Waals surface area contributed by atoms with Gasteiger partial charge in [0.15, 0.2) is 0 Å². The van der Waals surface area contributed by atoms with Crippen molar-refractivity contribution >= 4 is 21.6 Å². The standard InChI is InChI=1S/C19H30N4O3S/c1-12-14(11-21-6-5-20)27-17-15(12)16(24)23(13-9-19(2,3)10-13)18(25)22(17)7-8-26-4/h13,21H,5-11,20H2,1-4H3. The highest BCUT2D eigenvalue weighted by atomic mass is 32.1. The highest BCUT2D eigenvalue weighted by Crippen LogP contribution is 2.46. The molecule has 1 saturated carbocycles. The highest BCUT2D eigenvalue weighted by molar-refractivity contribution is 7.18. The molecular weight excluding hydrogens is 364 g/mol. The average Bonchev–Trinajstić information content (AvgIpc) is 2.90. The zero-order valence-electron chi connectivity index (χ0n) is 16.6. The number of thiophene rings is 1. The second-order valence-electron chi connectivity index (χ2n) is 8.12. The molecule has 2 aromatic heterocycles. The second kappa shape index (κ2) is 7.87. The molecule has 7 nitrogen and oxygen atoms in total. The minimum absolute atomic E-state index is 0.0173. The van der Waals surface area contributed by atoms with E-state index in [-0.39, 0.29) is 22.7 Å². The maximum atomic E-state index is 13.3. The van der Waals surface area contributed by atoms with Gasteiger partial charge in [0.2, 0.25) is 0 Å². The molecule has 0 aromatic carbocycles. The van der Waals surface area contributed by atoms with Crippen LogP contribution in [0.4, 0.5) is 0 Å². The molecule has 3 rings (SSSR count). The van der Waals surface area contributed by atoms with Gasteiger partial charge in [-0.15, -0.1) is 11.3 Å². The topological polar surface area (TPSA) is 91.3 Å². The van der Waals surface area contributed by atoms with Gasteiger partial charge in [-0.25, -0.2) is 4.79 Å². The SMILES string of the molecule is COCCn1c(=O)n(C2CC(C)(C)C2)c(=O)c2c(C)c(CNCCN)sc21. The molecule has 27 heavy (non-hydrogen) atoms. The summed E-state index contributed by atoms with van der Waals surface area (Å²) >= 11 is 1.52. The molecule has 0 bridgehead atoms. The third-order valence-electron chi connectivity index (χ3n) is 5.41. The van der Waals surface area contributed by atoms with Crippen LogP contribution in [0.15, 0.2) is 9.59 Å². The van der Waals surface area contributed by atoms with Crippen molar-refractivity contribution in [1.29, 1.82) is 0 Å². The van der Waals surface area contributed by atoms with E-state index in [0.717, 1.165) is 28.1 Å². The maximum Gasteiger partial charge on any atom is 0.332 e. The van der Waals surface area contributed by atoms with Crippen molar-refractivity contribution in [2.24, 2.45) is 11.1 Å². The van der Waals surface area contributed by atoms with E-state index in [9.17, 15) is 9.59 Å². The van der Waals surface area contributed by atoms with Gasteiger partial charge < -0.3 is 15.8 Å². The van der Waals surface area contributed by atoms with Gasteiger partial charge >= 0.3 is 5.69 Å². The van der Waals surface area contributed by atoms with Crippen molar-refractivity contribution in [3.8, 4) is 0 Å². The summed E-state index contributed by atoms with van der Waals surface area (Å²) in [5.74, 6) is 0. The van der Waals surface area contributed by atoms with Crippen LogP contribution < -0.4 is 22.3 Å².